The Balaban J connectivity index is 2.02. The lowest BCUT2D eigenvalue weighted by atomic mass is 10.1. The normalized spacial score (nSPS) is 11.4. The van der Waals surface area contributed by atoms with Crippen LogP contribution in [-0.4, -0.2) is 28.0 Å². The van der Waals surface area contributed by atoms with Crippen molar-refractivity contribution < 1.29 is 14.3 Å². The summed E-state index contributed by atoms with van der Waals surface area (Å²) >= 11 is 1.53. The predicted octanol–water partition coefficient (Wildman–Crippen LogP) is 3.01. The average Bonchev–Trinajstić information content (AvgIpc) is 2.92. The van der Waals surface area contributed by atoms with E-state index in [2.05, 4.69) is 4.98 Å². The third-order valence-corrected chi connectivity index (χ3v) is 3.49. The van der Waals surface area contributed by atoms with E-state index in [1.165, 1.54) is 23.5 Å². The summed E-state index contributed by atoms with van der Waals surface area (Å²) < 4.78 is 14.0. The molecule has 0 saturated heterocycles. The maximum absolute atomic E-state index is 14.0. The Labute approximate surface area is 126 Å². The first kappa shape index (κ1) is 15.3. The van der Waals surface area contributed by atoms with Crippen molar-refractivity contribution in [2.45, 2.75) is 13.1 Å². The van der Waals surface area contributed by atoms with Crippen LogP contribution in [0.15, 0.2) is 35.2 Å². The van der Waals surface area contributed by atoms with Gasteiger partial charge in [0.2, 0.25) is 0 Å². The molecule has 1 heterocycles. The first-order chi connectivity index (χ1) is 10.0. The molecular weight excluding hydrogens is 291 g/mol. The summed E-state index contributed by atoms with van der Waals surface area (Å²) in [6.45, 7) is 1.12. The summed E-state index contributed by atoms with van der Waals surface area (Å²) in [7, 11) is 1.90. The molecule has 0 atom stereocenters. The zero-order valence-electron chi connectivity index (χ0n) is 11.5. The summed E-state index contributed by atoms with van der Waals surface area (Å²) in [5, 5.41) is 10.5. The number of carbonyl (C=O) groups is 1. The van der Waals surface area contributed by atoms with Crippen molar-refractivity contribution in [3.8, 4) is 0 Å². The van der Waals surface area contributed by atoms with Crippen LogP contribution in [0.1, 0.15) is 16.8 Å². The molecule has 6 heteroatoms. The first-order valence-electron chi connectivity index (χ1n) is 6.29. The second-order valence-electron chi connectivity index (χ2n) is 4.67. The molecule has 21 heavy (non-hydrogen) atoms. The van der Waals surface area contributed by atoms with E-state index in [9.17, 15) is 9.18 Å². The molecule has 1 aromatic carbocycles. The number of hydrogen-bond donors (Lipinski definition) is 1. The van der Waals surface area contributed by atoms with E-state index in [0.717, 1.165) is 11.8 Å². The summed E-state index contributed by atoms with van der Waals surface area (Å²) in [5.74, 6) is -1.39. The van der Waals surface area contributed by atoms with Crippen molar-refractivity contribution in [3.63, 3.8) is 0 Å². The van der Waals surface area contributed by atoms with Crippen LogP contribution in [0.2, 0.25) is 0 Å². The molecule has 110 valence electrons. The number of aromatic nitrogens is 1. The van der Waals surface area contributed by atoms with Gasteiger partial charge in [0.1, 0.15) is 5.82 Å². The van der Waals surface area contributed by atoms with E-state index >= 15 is 0 Å². The monoisotopic (exact) mass is 306 g/mol. The molecule has 0 radical (unpaired) electrons. The second kappa shape index (κ2) is 7.10. The number of rotatable bonds is 6. The Morgan fingerprint density at radius 1 is 1.48 bits per heavy atom. The maximum atomic E-state index is 14.0. The first-order valence-corrected chi connectivity index (χ1v) is 7.24. The van der Waals surface area contributed by atoms with E-state index in [0.29, 0.717) is 24.2 Å². The molecule has 0 fully saturated rings. The smallest absolute Gasteiger partial charge is 0.328 e. The van der Waals surface area contributed by atoms with Crippen LogP contribution in [0, 0.1) is 5.82 Å². The fourth-order valence-electron chi connectivity index (χ4n) is 1.90. The molecule has 4 nitrogen and oxygen atoms in total. The van der Waals surface area contributed by atoms with Gasteiger partial charge < -0.3 is 5.11 Å². The SMILES string of the molecule is CN(Cc1cscn1)Cc1ccc(C=CC(=O)O)cc1F. The summed E-state index contributed by atoms with van der Waals surface area (Å²) in [4.78, 5) is 16.6. The lowest BCUT2D eigenvalue weighted by Crippen LogP contribution is -2.18. The van der Waals surface area contributed by atoms with Gasteiger partial charge in [-0.3, -0.25) is 4.90 Å². The minimum Gasteiger partial charge on any atom is -0.478 e. The van der Waals surface area contributed by atoms with Gasteiger partial charge in [-0.05, 0) is 24.8 Å². The molecule has 0 unspecified atom stereocenters. The molecule has 2 aromatic rings. The minimum atomic E-state index is -1.05. The molecule has 0 bridgehead atoms. The van der Waals surface area contributed by atoms with E-state index in [-0.39, 0.29) is 5.82 Å². The summed E-state index contributed by atoms with van der Waals surface area (Å²) in [5.41, 5.74) is 3.83. The van der Waals surface area contributed by atoms with Gasteiger partial charge in [-0.15, -0.1) is 11.3 Å². The second-order valence-corrected chi connectivity index (χ2v) is 5.39. The Morgan fingerprint density at radius 2 is 2.29 bits per heavy atom. The lowest BCUT2D eigenvalue weighted by Gasteiger charge is -2.16. The third kappa shape index (κ3) is 4.77. The molecular formula is C15H15FN2O2S. The molecule has 1 N–H and O–H groups in total. The van der Waals surface area contributed by atoms with Crippen molar-refractivity contribution in [2.75, 3.05) is 7.05 Å². The number of hydrogen-bond acceptors (Lipinski definition) is 4. The Kier molecular flexibility index (Phi) is 5.19. The van der Waals surface area contributed by atoms with Crippen LogP contribution in [0.3, 0.4) is 0 Å². The van der Waals surface area contributed by atoms with Gasteiger partial charge in [0.15, 0.2) is 0 Å². The van der Waals surface area contributed by atoms with Gasteiger partial charge in [0.05, 0.1) is 11.2 Å². The summed E-state index contributed by atoms with van der Waals surface area (Å²) in [6, 6.07) is 4.72. The molecule has 0 amide bonds. The zero-order chi connectivity index (χ0) is 15.2. The molecule has 1 aromatic heterocycles. The minimum absolute atomic E-state index is 0.340. The van der Waals surface area contributed by atoms with Gasteiger partial charge >= 0.3 is 5.97 Å². The van der Waals surface area contributed by atoms with Crippen LogP contribution in [0.25, 0.3) is 6.08 Å². The summed E-state index contributed by atoms with van der Waals surface area (Å²) in [6.07, 6.45) is 2.36. The number of carboxylic acids is 1. The van der Waals surface area contributed by atoms with Crippen molar-refractivity contribution in [2.24, 2.45) is 0 Å². The van der Waals surface area contributed by atoms with Gasteiger partial charge in [-0.25, -0.2) is 14.2 Å². The highest BCUT2D eigenvalue weighted by atomic mass is 32.1. The van der Waals surface area contributed by atoms with E-state index < -0.39 is 5.97 Å². The number of aliphatic carboxylic acids is 1. The highest BCUT2D eigenvalue weighted by Gasteiger charge is 2.08. The lowest BCUT2D eigenvalue weighted by molar-refractivity contribution is -0.131. The van der Waals surface area contributed by atoms with E-state index in [1.807, 2.05) is 17.3 Å². The standard InChI is InChI=1S/C15H15FN2O2S/c1-18(8-13-9-21-10-17-13)7-12-4-2-11(6-14(12)16)3-5-15(19)20/h2-6,9-10H,7-8H2,1H3,(H,19,20). The zero-order valence-corrected chi connectivity index (χ0v) is 12.3. The highest BCUT2D eigenvalue weighted by Crippen LogP contribution is 2.15. The Bertz CT molecular complexity index is 641. The molecule has 2 rings (SSSR count). The van der Waals surface area contributed by atoms with Crippen molar-refractivity contribution in [3.05, 3.63) is 57.8 Å². The number of thiazole rings is 1. The number of halogens is 1. The van der Waals surface area contributed by atoms with Crippen LogP contribution in [0.4, 0.5) is 4.39 Å². The average molecular weight is 306 g/mol. The molecule has 0 aliphatic heterocycles. The van der Waals surface area contributed by atoms with Crippen LogP contribution in [0.5, 0.6) is 0 Å². The third-order valence-electron chi connectivity index (χ3n) is 2.85. The molecule has 0 aliphatic carbocycles. The molecule has 0 spiro atoms. The largest absolute Gasteiger partial charge is 0.478 e. The van der Waals surface area contributed by atoms with Crippen molar-refractivity contribution >= 4 is 23.4 Å². The van der Waals surface area contributed by atoms with Gasteiger partial charge in [0.25, 0.3) is 0 Å². The van der Waals surface area contributed by atoms with Gasteiger partial charge in [0, 0.05) is 30.1 Å². The van der Waals surface area contributed by atoms with Gasteiger partial charge in [-0.2, -0.15) is 0 Å². The predicted molar refractivity (Wildman–Crippen MR) is 80.4 cm³/mol. The van der Waals surface area contributed by atoms with Crippen LogP contribution < -0.4 is 0 Å². The quantitative estimate of drug-likeness (QED) is 0.834. The maximum Gasteiger partial charge on any atom is 0.328 e. The molecule has 0 aliphatic rings. The topological polar surface area (TPSA) is 53.4 Å². The van der Waals surface area contributed by atoms with E-state index in [1.54, 1.807) is 17.6 Å². The Morgan fingerprint density at radius 3 is 2.90 bits per heavy atom. The number of carboxylic acid groups (broad SMARTS) is 1. The number of benzene rings is 1. The highest BCUT2D eigenvalue weighted by molar-refractivity contribution is 7.07. The number of nitrogens with zero attached hydrogens (tertiary/aromatic N) is 2. The van der Waals surface area contributed by atoms with Gasteiger partial charge in [-0.1, -0.05) is 12.1 Å². The fourth-order valence-corrected chi connectivity index (χ4v) is 2.45. The fraction of sp³-hybridized carbons (Fsp3) is 0.200. The molecule has 0 saturated carbocycles. The van der Waals surface area contributed by atoms with Crippen molar-refractivity contribution in [1.82, 2.24) is 9.88 Å². The van der Waals surface area contributed by atoms with Crippen molar-refractivity contribution in [1.29, 1.82) is 0 Å². The van der Waals surface area contributed by atoms with Crippen LogP contribution >= 0.6 is 11.3 Å². The Hall–Kier alpha value is -2.05. The van der Waals surface area contributed by atoms with Crippen LogP contribution in [-0.2, 0) is 17.9 Å². The van der Waals surface area contributed by atoms with E-state index in [4.69, 9.17) is 5.11 Å².